The van der Waals surface area contributed by atoms with Crippen molar-refractivity contribution in [1.82, 2.24) is 4.90 Å². The lowest BCUT2D eigenvalue weighted by molar-refractivity contribution is -0.214. The number of methoxy groups -OCH3 is 1. The van der Waals surface area contributed by atoms with Gasteiger partial charge in [0.15, 0.2) is 5.72 Å². The van der Waals surface area contributed by atoms with Gasteiger partial charge in [0.1, 0.15) is 11.9 Å². The van der Waals surface area contributed by atoms with Gasteiger partial charge in [-0.3, -0.25) is 4.79 Å². The minimum atomic E-state index is -1.36. The zero-order chi connectivity index (χ0) is 18.6. The lowest BCUT2D eigenvalue weighted by Crippen LogP contribution is -2.60. The molecule has 138 valence electrons. The zero-order valence-electron chi connectivity index (χ0n) is 15.2. The summed E-state index contributed by atoms with van der Waals surface area (Å²) in [6.07, 6.45) is 0.447. The third-order valence-corrected chi connectivity index (χ3v) is 4.87. The first kappa shape index (κ1) is 18.4. The van der Waals surface area contributed by atoms with Crippen LogP contribution in [0.25, 0.3) is 0 Å². The maximum Gasteiger partial charge on any atom is 0.225 e. The number of likely N-dealkylation sites (tertiary alicyclic amines) is 1. The van der Waals surface area contributed by atoms with E-state index >= 15 is 0 Å². The van der Waals surface area contributed by atoms with E-state index in [1.54, 1.807) is 14.0 Å². The Labute approximate surface area is 154 Å². The van der Waals surface area contributed by atoms with E-state index in [9.17, 15) is 9.90 Å². The van der Waals surface area contributed by atoms with Crippen molar-refractivity contribution in [1.29, 1.82) is 0 Å². The van der Waals surface area contributed by atoms with Crippen molar-refractivity contribution in [3.63, 3.8) is 0 Å². The summed E-state index contributed by atoms with van der Waals surface area (Å²) in [7, 11) is 1.61. The molecule has 1 N–H and O–H groups in total. The molecule has 0 aromatic heterocycles. The lowest BCUT2D eigenvalue weighted by atomic mass is 9.94. The fourth-order valence-corrected chi connectivity index (χ4v) is 3.26. The molecule has 1 unspecified atom stereocenters. The highest BCUT2D eigenvalue weighted by molar-refractivity contribution is 5.78. The van der Waals surface area contributed by atoms with Crippen molar-refractivity contribution in [2.24, 2.45) is 0 Å². The molecule has 1 saturated heterocycles. The van der Waals surface area contributed by atoms with Gasteiger partial charge in [0.05, 0.1) is 13.7 Å². The van der Waals surface area contributed by atoms with Crippen LogP contribution in [0.5, 0.6) is 5.75 Å². The smallest absolute Gasteiger partial charge is 0.225 e. The second-order valence-corrected chi connectivity index (χ2v) is 6.75. The Morgan fingerprint density at radius 2 is 1.81 bits per heavy atom. The van der Waals surface area contributed by atoms with Gasteiger partial charge in [-0.1, -0.05) is 42.5 Å². The van der Waals surface area contributed by atoms with Crippen LogP contribution in [0.2, 0.25) is 0 Å². The van der Waals surface area contributed by atoms with Crippen molar-refractivity contribution < 1.29 is 19.4 Å². The van der Waals surface area contributed by atoms with Crippen LogP contribution in [0.1, 0.15) is 30.9 Å². The van der Waals surface area contributed by atoms with Crippen molar-refractivity contribution >= 4 is 5.91 Å². The summed E-state index contributed by atoms with van der Waals surface area (Å²) in [5.41, 5.74) is 0.620. The van der Waals surface area contributed by atoms with E-state index < -0.39 is 11.8 Å². The van der Waals surface area contributed by atoms with Gasteiger partial charge < -0.3 is 19.5 Å². The van der Waals surface area contributed by atoms with Crippen LogP contribution in [0, 0.1) is 0 Å². The van der Waals surface area contributed by atoms with E-state index in [2.05, 4.69) is 0 Å². The van der Waals surface area contributed by atoms with E-state index in [1.165, 1.54) is 4.90 Å². The SMILES string of the molecule is COc1ccc(CN2C(=O)CC[C@H](OCc3ccccc3)C2(C)O)cc1. The second-order valence-electron chi connectivity index (χ2n) is 6.75. The number of amides is 1. The Morgan fingerprint density at radius 1 is 1.12 bits per heavy atom. The Morgan fingerprint density at radius 3 is 2.46 bits per heavy atom. The van der Waals surface area contributed by atoms with Crippen molar-refractivity contribution in [3.8, 4) is 5.75 Å². The average Bonchev–Trinajstić information content (AvgIpc) is 2.66. The third kappa shape index (κ3) is 4.06. The van der Waals surface area contributed by atoms with E-state index in [-0.39, 0.29) is 5.91 Å². The quantitative estimate of drug-likeness (QED) is 0.865. The van der Waals surface area contributed by atoms with Crippen molar-refractivity contribution in [2.45, 2.75) is 44.7 Å². The summed E-state index contributed by atoms with van der Waals surface area (Å²) in [6.45, 7) is 2.40. The Kier molecular flexibility index (Phi) is 5.59. The number of carbonyl (C=O) groups excluding carboxylic acids is 1. The van der Waals surface area contributed by atoms with E-state index in [4.69, 9.17) is 9.47 Å². The highest BCUT2D eigenvalue weighted by Gasteiger charge is 2.45. The summed E-state index contributed by atoms with van der Waals surface area (Å²) in [6, 6.07) is 17.3. The van der Waals surface area contributed by atoms with Gasteiger partial charge in [0, 0.05) is 13.0 Å². The highest BCUT2D eigenvalue weighted by atomic mass is 16.5. The summed E-state index contributed by atoms with van der Waals surface area (Å²) >= 11 is 0. The standard InChI is InChI=1S/C21H25NO4/c1-21(24)19(26-15-17-6-4-3-5-7-17)12-13-20(23)22(21)14-16-8-10-18(25-2)11-9-16/h3-11,19,24H,12-15H2,1-2H3/t19-,21?/m0/s1. The number of piperidine rings is 1. The molecule has 2 atom stereocenters. The molecule has 1 aliphatic heterocycles. The van der Waals surface area contributed by atoms with Crippen molar-refractivity contribution in [3.05, 3.63) is 65.7 Å². The van der Waals surface area contributed by atoms with Crippen LogP contribution in [-0.4, -0.2) is 34.9 Å². The molecule has 0 spiro atoms. The predicted octanol–water partition coefficient (Wildman–Crippen LogP) is 3.11. The average molecular weight is 355 g/mol. The number of nitrogens with zero attached hydrogens (tertiary/aromatic N) is 1. The number of benzene rings is 2. The Bertz CT molecular complexity index is 727. The molecule has 3 rings (SSSR count). The maximum atomic E-state index is 12.4. The molecule has 2 aromatic carbocycles. The largest absolute Gasteiger partial charge is 0.497 e. The first-order valence-corrected chi connectivity index (χ1v) is 8.82. The number of carbonyl (C=O) groups is 1. The lowest BCUT2D eigenvalue weighted by Gasteiger charge is -2.45. The topological polar surface area (TPSA) is 59.0 Å². The number of rotatable bonds is 6. The normalized spacial score (nSPS) is 23.1. The number of ether oxygens (including phenoxy) is 2. The van der Waals surface area contributed by atoms with Crippen LogP contribution in [0.4, 0.5) is 0 Å². The third-order valence-electron chi connectivity index (χ3n) is 4.87. The first-order chi connectivity index (χ1) is 12.5. The monoisotopic (exact) mass is 355 g/mol. The Balaban J connectivity index is 1.70. The Hall–Kier alpha value is -2.37. The molecule has 5 nitrogen and oxygen atoms in total. The van der Waals surface area contributed by atoms with Crippen LogP contribution in [-0.2, 0) is 22.7 Å². The minimum absolute atomic E-state index is 0.0645. The molecule has 0 bridgehead atoms. The molecule has 26 heavy (non-hydrogen) atoms. The predicted molar refractivity (Wildman–Crippen MR) is 98.4 cm³/mol. The summed E-state index contributed by atoms with van der Waals surface area (Å²) in [4.78, 5) is 14.0. The van der Waals surface area contributed by atoms with Gasteiger partial charge in [0.2, 0.25) is 5.91 Å². The van der Waals surface area contributed by atoms with Gasteiger partial charge in [0.25, 0.3) is 0 Å². The number of aliphatic hydroxyl groups is 1. The molecule has 1 amide bonds. The molecule has 1 aliphatic rings. The van der Waals surface area contributed by atoms with Crippen LogP contribution in [0.3, 0.4) is 0 Å². The van der Waals surface area contributed by atoms with Crippen LogP contribution >= 0.6 is 0 Å². The van der Waals surface area contributed by atoms with E-state index in [0.29, 0.717) is 26.0 Å². The molecule has 1 fully saturated rings. The first-order valence-electron chi connectivity index (χ1n) is 8.82. The fraction of sp³-hybridized carbons (Fsp3) is 0.381. The highest BCUT2D eigenvalue weighted by Crippen LogP contribution is 2.31. The van der Waals surface area contributed by atoms with E-state index in [0.717, 1.165) is 16.9 Å². The van der Waals surface area contributed by atoms with E-state index in [1.807, 2.05) is 54.6 Å². The van der Waals surface area contributed by atoms with Gasteiger partial charge in [-0.05, 0) is 36.6 Å². The molecular formula is C21H25NO4. The van der Waals surface area contributed by atoms with Gasteiger partial charge in [-0.2, -0.15) is 0 Å². The molecule has 0 radical (unpaired) electrons. The van der Waals surface area contributed by atoms with Gasteiger partial charge in [-0.15, -0.1) is 0 Å². The summed E-state index contributed by atoms with van der Waals surface area (Å²) in [5, 5.41) is 11.1. The van der Waals surface area contributed by atoms with Crippen LogP contribution in [0.15, 0.2) is 54.6 Å². The van der Waals surface area contributed by atoms with Gasteiger partial charge in [-0.25, -0.2) is 0 Å². The molecule has 1 heterocycles. The number of hydrogen-bond donors (Lipinski definition) is 1. The number of hydrogen-bond acceptors (Lipinski definition) is 4. The van der Waals surface area contributed by atoms with Crippen molar-refractivity contribution in [2.75, 3.05) is 7.11 Å². The van der Waals surface area contributed by atoms with Crippen LogP contribution < -0.4 is 4.74 Å². The molecular weight excluding hydrogens is 330 g/mol. The maximum absolute atomic E-state index is 12.4. The fourth-order valence-electron chi connectivity index (χ4n) is 3.26. The zero-order valence-corrected chi connectivity index (χ0v) is 15.2. The molecule has 2 aromatic rings. The second kappa shape index (κ2) is 7.89. The van der Waals surface area contributed by atoms with Gasteiger partial charge >= 0.3 is 0 Å². The minimum Gasteiger partial charge on any atom is -0.497 e. The molecule has 0 saturated carbocycles. The molecule has 5 heteroatoms. The summed E-state index contributed by atoms with van der Waals surface area (Å²) in [5.74, 6) is 0.694. The summed E-state index contributed by atoms with van der Waals surface area (Å²) < 4.78 is 11.1. The molecule has 0 aliphatic carbocycles.